The quantitative estimate of drug-likeness (QED) is 0.944. The molecule has 0 aromatic heterocycles. The summed E-state index contributed by atoms with van der Waals surface area (Å²) in [5.41, 5.74) is 2.99. The smallest absolute Gasteiger partial charge is 0.241 e. The Morgan fingerprint density at radius 1 is 1.04 bits per heavy atom. The number of carbonyl (C=O) groups is 1. The minimum atomic E-state index is -0.164. The van der Waals surface area contributed by atoms with E-state index in [2.05, 4.69) is 22.3 Å². The summed E-state index contributed by atoms with van der Waals surface area (Å²) in [6.07, 6.45) is 0. The molecule has 1 N–H and O–H groups in total. The molecule has 1 aliphatic heterocycles. The van der Waals surface area contributed by atoms with Crippen molar-refractivity contribution in [2.24, 2.45) is 0 Å². The van der Waals surface area contributed by atoms with Gasteiger partial charge in [0.05, 0.1) is 19.3 Å². The minimum Gasteiger partial charge on any atom is -0.379 e. The molecule has 1 atom stereocenters. The zero-order valence-electron chi connectivity index (χ0n) is 13.4. The van der Waals surface area contributed by atoms with Crippen molar-refractivity contribution in [2.45, 2.75) is 13.0 Å². The summed E-state index contributed by atoms with van der Waals surface area (Å²) >= 11 is 0. The van der Waals surface area contributed by atoms with Crippen LogP contribution in [0.1, 0.15) is 6.92 Å². The number of nitrogens with one attached hydrogen (secondary N) is 1. The topological polar surface area (TPSA) is 41.6 Å². The third-order valence-corrected chi connectivity index (χ3v) is 4.24. The molecule has 0 radical (unpaired) electrons. The Labute approximate surface area is 137 Å². The van der Waals surface area contributed by atoms with Crippen LogP contribution in [0, 0.1) is 0 Å². The highest BCUT2D eigenvalue weighted by molar-refractivity contribution is 5.98. The van der Waals surface area contributed by atoms with E-state index < -0.39 is 0 Å². The summed E-state index contributed by atoms with van der Waals surface area (Å²) in [5.74, 6) is 0.0234. The lowest BCUT2D eigenvalue weighted by Gasteiger charge is -2.31. The molecule has 0 aliphatic carbocycles. The van der Waals surface area contributed by atoms with E-state index in [9.17, 15) is 4.79 Å². The Hall–Kier alpha value is -2.17. The maximum absolute atomic E-state index is 12.6. The van der Waals surface area contributed by atoms with E-state index in [4.69, 9.17) is 4.74 Å². The molecule has 0 spiro atoms. The molecule has 3 rings (SSSR count). The number of rotatable bonds is 4. The summed E-state index contributed by atoms with van der Waals surface area (Å²) < 4.78 is 5.35. The van der Waals surface area contributed by atoms with Gasteiger partial charge in [0.15, 0.2) is 0 Å². The van der Waals surface area contributed by atoms with Crippen LogP contribution in [0.4, 0.5) is 5.69 Å². The first-order valence-corrected chi connectivity index (χ1v) is 8.03. The van der Waals surface area contributed by atoms with Crippen molar-refractivity contribution in [2.75, 3.05) is 31.6 Å². The highest BCUT2D eigenvalue weighted by atomic mass is 16.5. The van der Waals surface area contributed by atoms with Gasteiger partial charge in [-0.3, -0.25) is 9.69 Å². The molecular weight excluding hydrogens is 288 g/mol. The lowest BCUT2D eigenvalue weighted by atomic mass is 10.0. The number of para-hydroxylation sites is 1. The summed E-state index contributed by atoms with van der Waals surface area (Å²) in [5, 5.41) is 3.08. The van der Waals surface area contributed by atoms with Gasteiger partial charge in [0.1, 0.15) is 0 Å². The van der Waals surface area contributed by atoms with Crippen molar-refractivity contribution >= 4 is 11.6 Å². The molecule has 1 fully saturated rings. The minimum absolute atomic E-state index is 0.0234. The number of anilines is 1. The molecule has 1 amide bonds. The van der Waals surface area contributed by atoms with Crippen LogP contribution in [0.3, 0.4) is 0 Å². The van der Waals surface area contributed by atoms with Gasteiger partial charge in [-0.25, -0.2) is 0 Å². The van der Waals surface area contributed by atoms with E-state index in [1.54, 1.807) is 0 Å². The number of ether oxygens (including phenoxy) is 1. The van der Waals surface area contributed by atoms with Gasteiger partial charge in [-0.05, 0) is 18.6 Å². The molecule has 1 aliphatic rings. The lowest BCUT2D eigenvalue weighted by Crippen LogP contribution is -2.47. The number of benzene rings is 2. The van der Waals surface area contributed by atoms with E-state index in [0.29, 0.717) is 13.2 Å². The van der Waals surface area contributed by atoms with Crippen molar-refractivity contribution < 1.29 is 9.53 Å². The Balaban J connectivity index is 1.76. The molecule has 0 saturated carbocycles. The average molecular weight is 310 g/mol. The van der Waals surface area contributed by atoms with Crippen LogP contribution >= 0.6 is 0 Å². The van der Waals surface area contributed by atoms with E-state index in [-0.39, 0.29) is 11.9 Å². The molecule has 4 heteroatoms. The molecule has 1 heterocycles. The van der Waals surface area contributed by atoms with E-state index in [1.165, 1.54) is 0 Å². The predicted octanol–water partition coefficient (Wildman–Crippen LogP) is 3.01. The van der Waals surface area contributed by atoms with Crippen LogP contribution in [0.25, 0.3) is 11.1 Å². The van der Waals surface area contributed by atoms with Gasteiger partial charge >= 0.3 is 0 Å². The molecule has 2 aromatic rings. The van der Waals surface area contributed by atoms with Crippen molar-refractivity contribution in [3.05, 3.63) is 54.6 Å². The number of morpholine rings is 1. The monoisotopic (exact) mass is 310 g/mol. The van der Waals surface area contributed by atoms with E-state index >= 15 is 0 Å². The predicted molar refractivity (Wildman–Crippen MR) is 92.4 cm³/mol. The SMILES string of the molecule is C[C@H](C(=O)Nc1ccccc1-c1ccccc1)N1CCOCC1. The zero-order chi connectivity index (χ0) is 16.1. The second kappa shape index (κ2) is 7.40. The number of nitrogens with zero attached hydrogens (tertiary/aromatic N) is 1. The molecule has 120 valence electrons. The normalized spacial score (nSPS) is 16.7. The number of hydrogen-bond donors (Lipinski definition) is 1. The highest BCUT2D eigenvalue weighted by Crippen LogP contribution is 2.27. The third-order valence-electron chi connectivity index (χ3n) is 4.24. The van der Waals surface area contributed by atoms with Crippen LogP contribution < -0.4 is 5.32 Å². The first-order chi connectivity index (χ1) is 11.3. The van der Waals surface area contributed by atoms with Crippen LogP contribution in [-0.2, 0) is 9.53 Å². The van der Waals surface area contributed by atoms with Gasteiger partial charge in [-0.1, -0.05) is 48.5 Å². The molecule has 0 unspecified atom stereocenters. The summed E-state index contributed by atoms with van der Waals surface area (Å²) in [6, 6.07) is 17.9. The fraction of sp³-hybridized carbons (Fsp3) is 0.316. The van der Waals surface area contributed by atoms with Gasteiger partial charge in [0.2, 0.25) is 5.91 Å². The van der Waals surface area contributed by atoms with Crippen LogP contribution in [0.5, 0.6) is 0 Å². The van der Waals surface area contributed by atoms with Gasteiger partial charge in [-0.2, -0.15) is 0 Å². The highest BCUT2D eigenvalue weighted by Gasteiger charge is 2.23. The van der Waals surface area contributed by atoms with Crippen molar-refractivity contribution in [3.63, 3.8) is 0 Å². The van der Waals surface area contributed by atoms with Gasteiger partial charge in [0, 0.05) is 24.3 Å². The average Bonchev–Trinajstić information content (AvgIpc) is 2.63. The first kappa shape index (κ1) is 15.7. The summed E-state index contributed by atoms with van der Waals surface area (Å²) in [7, 11) is 0. The fourth-order valence-corrected chi connectivity index (χ4v) is 2.83. The summed E-state index contributed by atoms with van der Waals surface area (Å²) in [4.78, 5) is 14.8. The van der Waals surface area contributed by atoms with Crippen molar-refractivity contribution in [1.29, 1.82) is 0 Å². The van der Waals surface area contributed by atoms with E-state index in [1.807, 2.05) is 49.4 Å². The maximum atomic E-state index is 12.6. The molecule has 4 nitrogen and oxygen atoms in total. The van der Waals surface area contributed by atoms with Crippen LogP contribution in [0.2, 0.25) is 0 Å². The largest absolute Gasteiger partial charge is 0.379 e. The standard InChI is InChI=1S/C19H22N2O2/c1-15(21-11-13-23-14-12-21)19(22)20-18-10-6-5-9-17(18)16-7-3-2-4-8-16/h2-10,15H,11-14H2,1H3,(H,20,22)/t15-/m1/s1. The lowest BCUT2D eigenvalue weighted by molar-refractivity contribution is -0.122. The Morgan fingerprint density at radius 3 is 2.43 bits per heavy atom. The molecule has 2 aromatic carbocycles. The molecule has 0 bridgehead atoms. The zero-order valence-corrected chi connectivity index (χ0v) is 13.4. The maximum Gasteiger partial charge on any atom is 0.241 e. The third kappa shape index (κ3) is 3.78. The van der Waals surface area contributed by atoms with Crippen LogP contribution in [0.15, 0.2) is 54.6 Å². The van der Waals surface area contributed by atoms with Crippen molar-refractivity contribution in [3.8, 4) is 11.1 Å². The van der Waals surface area contributed by atoms with Crippen molar-refractivity contribution in [1.82, 2.24) is 4.90 Å². The molecule has 23 heavy (non-hydrogen) atoms. The molecular formula is C19H22N2O2. The van der Waals surface area contributed by atoms with Gasteiger partial charge in [-0.15, -0.1) is 0 Å². The molecule has 1 saturated heterocycles. The number of hydrogen-bond acceptors (Lipinski definition) is 3. The Bertz CT molecular complexity index is 651. The number of carbonyl (C=O) groups excluding carboxylic acids is 1. The van der Waals surface area contributed by atoms with Gasteiger partial charge in [0.25, 0.3) is 0 Å². The Kier molecular flexibility index (Phi) is 5.05. The Morgan fingerprint density at radius 2 is 1.70 bits per heavy atom. The first-order valence-electron chi connectivity index (χ1n) is 8.03. The van der Waals surface area contributed by atoms with Crippen LogP contribution in [-0.4, -0.2) is 43.2 Å². The van der Waals surface area contributed by atoms with E-state index in [0.717, 1.165) is 29.9 Å². The summed E-state index contributed by atoms with van der Waals surface area (Å²) in [6.45, 7) is 4.94. The number of amides is 1. The second-order valence-corrected chi connectivity index (χ2v) is 5.73. The van der Waals surface area contributed by atoms with Gasteiger partial charge < -0.3 is 10.1 Å². The second-order valence-electron chi connectivity index (χ2n) is 5.73. The fourth-order valence-electron chi connectivity index (χ4n) is 2.83.